The van der Waals surface area contributed by atoms with Crippen molar-refractivity contribution < 1.29 is 13.3 Å². The molecule has 0 spiro atoms. The third-order valence-corrected chi connectivity index (χ3v) is 3.65. The molecule has 2 aromatic carbocycles. The van der Waals surface area contributed by atoms with E-state index in [0.717, 1.165) is 22.3 Å². The molecule has 0 saturated heterocycles. The maximum atomic E-state index is 12.4. The van der Waals surface area contributed by atoms with Gasteiger partial charge < -0.3 is 0 Å². The van der Waals surface area contributed by atoms with Crippen molar-refractivity contribution in [1.29, 1.82) is 0 Å². The molecule has 0 atom stereocenters. The second kappa shape index (κ2) is 6.10. The normalized spacial score (nSPS) is 11.1. The zero-order valence-electron chi connectivity index (χ0n) is 12.3. The second-order valence-corrected chi connectivity index (χ2v) is 5.28. The summed E-state index contributed by atoms with van der Waals surface area (Å²) in [7, 11) is 1.97. The largest absolute Gasteiger partial charge is 0.287 e. The van der Waals surface area contributed by atoms with Crippen LogP contribution in [-0.4, -0.2) is 6.43 Å². The van der Waals surface area contributed by atoms with Crippen molar-refractivity contribution in [3.05, 3.63) is 66.4 Å². The SMILES string of the molecule is C[n+]1ccc2ccccc2c1Nc1ccc(CC(F)F)cc1. The summed E-state index contributed by atoms with van der Waals surface area (Å²) >= 11 is 0. The molecule has 3 rings (SSSR count). The molecular formula is C18H17F2N2+. The lowest BCUT2D eigenvalue weighted by Gasteiger charge is -2.07. The number of hydrogen-bond acceptors (Lipinski definition) is 1. The third kappa shape index (κ3) is 3.06. The van der Waals surface area contributed by atoms with E-state index in [1.807, 2.05) is 42.1 Å². The molecular weight excluding hydrogens is 282 g/mol. The molecule has 3 aromatic rings. The first-order valence-corrected chi connectivity index (χ1v) is 7.15. The van der Waals surface area contributed by atoms with Crippen molar-refractivity contribution in [2.75, 3.05) is 5.32 Å². The van der Waals surface area contributed by atoms with Crippen molar-refractivity contribution in [3.63, 3.8) is 0 Å². The number of pyridine rings is 1. The molecule has 0 aliphatic rings. The first-order valence-electron chi connectivity index (χ1n) is 7.15. The van der Waals surface area contributed by atoms with Gasteiger partial charge in [-0.15, -0.1) is 0 Å². The fourth-order valence-electron chi connectivity index (χ4n) is 2.51. The van der Waals surface area contributed by atoms with Crippen LogP contribution in [0.25, 0.3) is 10.8 Å². The number of aromatic nitrogens is 1. The number of alkyl halides is 2. The Hall–Kier alpha value is -2.49. The molecule has 0 unspecified atom stereocenters. The highest BCUT2D eigenvalue weighted by Gasteiger charge is 2.12. The highest BCUT2D eigenvalue weighted by Crippen LogP contribution is 2.23. The fourth-order valence-corrected chi connectivity index (χ4v) is 2.51. The van der Waals surface area contributed by atoms with Crippen molar-refractivity contribution in [2.24, 2.45) is 7.05 Å². The summed E-state index contributed by atoms with van der Waals surface area (Å²) in [6.07, 6.45) is -0.521. The van der Waals surface area contributed by atoms with Crippen LogP contribution in [0.5, 0.6) is 0 Å². The van der Waals surface area contributed by atoms with Gasteiger partial charge in [-0.25, -0.2) is 18.7 Å². The predicted molar refractivity (Wildman–Crippen MR) is 84.6 cm³/mol. The van der Waals surface area contributed by atoms with Gasteiger partial charge in [0.2, 0.25) is 6.43 Å². The monoisotopic (exact) mass is 299 g/mol. The molecule has 4 heteroatoms. The molecule has 0 aliphatic carbocycles. The van der Waals surface area contributed by atoms with E-state index < -0.39 is 6.43 Å². The Morgan fingerprint density at radius 1 is 1.00 bits per heavy atom. The Labute approximate surface area is 128 Å². The van der Waals surface area contributed by atoms with Crippen LogP contribution in [-0.2, 0) is 13.5 Å². The van der Waals surface area contributed by atoms with E-state index in [0.29, 0.717) is 5.56 Å². The van der Waals surface area contributed by atoms with Crippen LogP contribution in [0.15, 0.2) is 60.8 Å². The first kappa shape index (κ1) is 14.4. The molecule has 0 radical (unpaired) electrons. The Bertz CT molecular complexity index is 783. The number of aryl methyl sites for hydroxylation is 1. The molecule has 0 bridgehead atoms. The summed E-state index contributed by atoms with van der Waals surface area (Å²) in [4.78, 5) is 0. The van der Waals surface area contributed by atoms with Crippen LogP contribution in [0.3, 0.4) is 0 Å². The lowest BCUT2D eigenvalue weighted by molar-refractivity contribution is -0.655. The van der Waals surface area contributed by atoms with E-state index in [9.17, 15) is 8.78 Å². The van der Waals surface area contributed by atoms with Gasteiger partial charge in [-0.1, -0.05) is 30.3 Å². The molecule has 0 saturated carbocycles. The Balaban J connectivity index is 1.91. The summed E-state index contributed by atoms with van der Waals surface area (Å²) in [6.45, 7) is 0. The van der Waals surface area contributed by atoms with E-state index in [4.69, 9.17) is 0 Å². The van der Waals surface area contributed by atoms with Crippen LogP contribution in [0.2, 0.25) is 0 Å². The highest BCUT2D eigenvalue weighted by atomic mass is 19.3. The number of halogens is 2. The summed E-state index contributed by atoms with van der Waals surface area (Å²) in [5.41, 5.74) is 1.52. The molecule has 0 fully saturated rings. The molecule has 0 amide bonds. The average molecular weight is 299 g/mol. The van der Waals surface area contributed by atoms with Crippen LogP contribution < -0.4 is 9.88 Å². The van der Waals surface area contributed by atoms with Crippen molar-refractivity contribution in [3.8, 4) is 0 Å². The van der Waals surface area contributed by atoms with Gasteiger partial charge in [-0.2, -0.15) is 0 Å². The van der Waals surface area contributed by atoms with Crippen molar-refractivity contribution >= 4 is 22.3 Å². The number of fused-ring (bicyclic) bond motifs is 1. The van der Waals surface area contributed by atoms with Gasteiger partial charge in [0.15, 0.2) is 0 Å². The Kier molecular flexibility index (Phi) is 4.00. The minimum absolute atomic E-state index is 0.206. The summed E-state index contributed by atoms with van der Waals surface area (Å²) in [6, 6.07) is 17.3. The van der Waals surface area contributed by atoms with Gasteiger partial charge in [-0.3, -0.25) is 0 Å². The minimum atomic E-state index is -2.31. The molecule has 1 heterocycles. The van der Waals surface area contributed by atoms with E-state index in [2.05, 4.69) is 23.5 Å². The smallest absolute Gasteiger partial charge is 0.240 e. The van der Waals surface area contributed by atoms with Crippen LogP contribution in [0, 0.1) is 0 Å². The summed E-state index contributed by atoms with van der Waals surface area (Å²) in [5, 5.41) is 5.64. The third-order valence-electron chi connectivity index (χ3n) is 3.65. The van der Waals surface area contributed by atoms with E-state index >= 15 is 0 Å². The van der Waals surface area contributed by atoms with Crippen molar-refractivity contribution in [1.82, 2.24) is 0 Å². The van der Waals surface area contributed by atoms with Gasteiger partial charge in [-0.05, 0) is 35.2 Å². The molecule has 1 N–H and O–H groups in total. The molecule has 2 nitrogen and oxygen atoms in total. The molecule has 22 heavy (non-hydrogen) atoms. The van der Waals surface area contributed by atoms with Gasteiger partial charge in [0.1, 0.15) is 5.69 Å². The minimum Gasteiger partial charge on any atom is -0.240 e. The van der Waals surface area contributed by atoms with Gasteiger partial charge in [0, 0.05) is 6.42 Å². The highest BCUT2D eigenvalue weighted by molar-refractivity contribution is 5.91. The maximum Gasteiger partial charge on any atom is 0.287 e. The summed E-state index contributed by atoms with van der Waals surface area (Å²) < 4.78 is 26.8. The number of anilines is 2. The first-order chi connectivity index (χ1) is 10.6. The zero-order chi connectivity index (χ0) is 15.5. The lowest BCUT2D eigenvalue weighted by atomic mass is 10.1. The predicted octanol–water partition coefficient (Wildman–Crippen LogP) is 4.22. The number of hydrogen-bond donors (Lipinski definition) is 1. The topological polar surface area (TPSA) is 15.9 Å². The average Bonchev–Trinajstić information content (AvgIpc) is 2.51. The molecule has 1 aromatic heterocycles. The van der Waals surface area contributed by atoms with Crippen LogP contribution >= 0.6 is 0 Å². The molecule has 0 aliphatic heterocycles. The second-order valence-electron chi connectivity index (χ2n) is 5.28. The van der Waals surface area contributed by atoms with E-state index in [-0.39, 0.29) is 6.42 Å². The van der Waals surface area contributed by atoms with Crippen molar-refractivity contribution in [2.45, 2.75) is 12.8 Å². The van der Waals surface area contributed by atoms with Gasteiger partial charge >= 0.3 is 0 Å². The summed E-state index contributed by atoms with van der Waals surface area (Å²) in [5.74, 6) is 0.972. The quantitative estimate of drug-likeness (QED) is 0.713. The fraction of sp³-hybridized carbons (Fsp3) is 0.167. The number of nitrogens with zero attached hydrogens (tertiary/aromatic N) is 1. The van der Waals surface area contributed by atoms with Crippen LogP contribution in [0.1, 0.15) is 5.56 Å². The molecule has 112 valence electrons. The maximum absolute atomic E-state index is 12.4. The number of nitrogens with one attached hydrogen (secondary N) is 1. The van der Waals surface area contributed by atoms with E-state index in [1.165, 1.54) is 0 Å². The van der Waals surface area contributed by atoms with Crippen LogP contribution in [0.4, 0.5) is 20.3 Å². The standard InChI is InChI=1S/C18H16F2N2/c1-22-11-10-14-4-2-3-5-16(14)18(22)21-15-8-6-13(7-9-15)12-17(19)20/h2-11,17H,12H2,1H3/p+1. The van der Waals surface area contributed by atoms with Gasteiger partial charge in [0.05, 0.1) is 18.6 Å². The number of benzene rings is 2. The number of rotatable bonds is 4. The Morgan fingerprint density at radius 2 is 1.73 bits per heavy atom. The Morgan fingerprint density at radius 3 is 2.45 bits per heavy atom. The van der Waals surface area contributed by atoms with Gasteiger partial charge in [0.25, 0.3) is 5.82 Å². The lowest BCUT2D eigenvalue weighted by Crippen LogP contribution is -2.31. The zero-order valence-corrected chi connectivity index (χ0v) is 12.3. The van der Waals surface area contributed by atoms with E-state index in [1.54, 1.807) is 12.1 Å².